The maximum atomic E-state index is 13.8. The molecule has 1 N–H and O–H groups in total. The van der Waals surface area contributed by atoms with Crippen molar-refractivity contribution in [2.45, 2.75) is 13.8 Å². The molecule has 0 unspecified atom stereocenters. The van der Waals surface area contributed by atoms with Crippen LogP contribution in [0.25, 0.3) is 0 Å². The van der Waals surface area contributed by atoms with Gasteiger partial charge in [-0.25, -0.2) is 14.2 Å². The summed E-state index contributed by atoms with van der Waals surface area (Å²) in [7, 11) is 0. The minimum absolute atomic E-state index is 0.284. The first-order chi connectivity index (χ1) is 12.6. The third-order valence-electron chi connectivity index (χ3n) is 4.09. The first-order valence-electron chi connectivity index (χ1n) is 8.60. The van der Waals surface area contributed by atoms with Crippen molar-refractivity contribution < 1.29 is 13.9 Å². The molecule has 1 aromatic heterocycles. The number of carbonyl (C=O) groups excluding carboxylic acids is 1. The number of anilines is 3. The SMILES string of the molecule is CCOC(=O)N1CCN(c2cc(C)nc(Nc3ccccc3F)n2)CC1. The molecule has 0 radical (unpaired) electrons. The molecule has 0 aliphatic carbocycles. The normalized spacial score (nSPS) is 14.3. The van der Waals surface area contributed by atoms with E-state index >= 15 is 0 Å². The van der Waals surface area contributed by atoms with E-state index in [4.69, 9.17) is 4.74 Å². The van der Waals surface area contributed by atoms with Crippen molar-refractivity contribution in [3.8, 4) is 0 Å². The molecule has 1 aliphatic rings. The van der Waals surface area contributed by atoms with Gasteiger partial charge in [0, 0.05) is 37.9 Å². The first-order valence-corrected chi connectivity index (χ1v) is 8.60. The van der Waals surface area contributed by atoms with Crippen LogP contribution >= 0.6 is 0 Å². The molecule has 2 aromatic rings. The van der Waals surface area contributed by atoms with E-state index in [1.54, 1.807) is 30.0 Å². The first kappa shape index (κ1) is 17.9. The van der Waals surface area contributed by atoms with Gasteiger partial charge in [0.05, 0.1) is 12.3 Å². The highest BCUT2D eigenvalue weighted by atomic mass is 19.1. The predicted molar refractivity (Wildman–Crippen MR) is 97.3 cm³/mol. The van der Waals surface area contributed by atoms with Gasteiger partial charge in [0.25, 0.3) is 0 Å². The second-order valence-corrected chi connectivity index (χ2v) is 5.97. The average Bonchev–Trinajstić information content (AvgIpc) is 2.63. The lowest BCUT2D eigenvalue weighted by Gasteiger charge is -2.34. The number of benzene rings is 1. The van der Waals surface area contributed by atoms with E-state index in [0.29, 0.717) is 44.4 Å². The highest BCUT2D eigenvalue weighted by molar-refractivity contribution is 5.68. The molecular formula is C18H22FN5O2. The second kappa shape index (κ2) is 7.99. The number of nitrogens with one attached hydrogen (secondary N) is 1. The molecule has 0 saturated carbocycles. The third kappa shape index (κ3) is 4.19. The lowest BCUT2D eigenvalue weighted by Crippen LogP contribution is -2.49. The Labute approximate surface area is 151 Å². The number of carbonyl (C=O) groups is 1. The number of aromatic nitrogens is 2. The van der Waals surface area contributed by atoms with Crippen LogP contribution in [0.3, 0.4) is 0 Å². The van der Waals surface area contributed by atoms with Crippen LogP contribution in [0.15, 0.2) is 30.3 Å². The minimum Gasteiger partial charge on any atom is -0.450 e. The molecule has 0 bridgehead atoms. The number of ether oxygens (including phenoxy) is 1. The van der Waals surface area contributed by atoms with Crippen LogP contribution in [0.4, 0.5) is 26.6 Å². The summed E-state index contributed by atoms with van der Waals surface area (Å²) >= 11 is 0. The van der Waals surface area contributed by atoms with Crippen molar-refractivity contribution in [3.63, 3.8) is 0 Å². The Kier molecular flexibility index (Phi) is 5.50. The number of halogens is 1. The van der Waals surface area contributed by atoms with E-state index < -0.39 is 0 Å². The van der Waals surface area contributed by atoms with Crippen LogP contribution in [-0.4, -0.2) is 53.7 Å². The van der Waals surface area contributed by atoms with E-state index in [9.17, 15) is 9.18 Å². The van der Waals surface area contributed by atoms with Gasteiger partial charge in [-0.15, -0.1) is 0 Å². The van der Waals surface area contributed by atoms with Gasteiger partial charge in [0.2, 0.25) is 5.95 Å². The van der Waals surface area contributed by atoms with Crippen LogP contribution in [0, 0.1) is 12.7 Å². The van der Waals surface area contributed by atoms with Crippen molar-refractivity contribution in [1.82, 2.24) is 14.9 Å². The molecule has 0 spiro atoms. The summed E-state index contributed by atoms with van der Waals surface area (Å²) in [5.41, 5.74) is 1.11. The molecule has 2 heterocycles. The molecule has 1 saturated heterocycles. The molecule has 3 rings (SSSR count). The summed E-state index contributed by atoms with van der Waals surface area (Å²) in [5.74, 6) is 0.736. The van der Waals surface area contributed by atoms with E-state index in [1.807, 2.05) is 13.0 Å². The molecule has 8 heteroatoms. The Hall–Kier alpha value is -2.90. The molecule has 138 valence electrons. The Bertz CT molecular complexity index is 778. The maximum absolute atomic E-state index is 13.8. The number of aryl methyl sites for hydroxylation is 1. The van der Waals surface area contributed by atoms with Crippen LogP contribution in [0.5, 0.6) is 0 Å². The van der Waals surface area contributed by atoms with Gasteiger partial charge in [0.15, 0.2) is 0 Å². The molecule has 7 nitrogen and oxygen atoms in total. The van der Waals surface area contributed by atoms with Crippen LogP contribution < -0.4 is 10.2 Å². The summed E-state index contributed by atoms with van der Waals surface area (Å²) in [4.78, 5) is 24.4. The Balaban J connectivity index is 1.71. The molecule has 1 fully saturated rings. The number of piperazine rings is 1. The number of hydrogen-bond donors (Lipinski definition) is 1. The van der Waals surface area contributed by atoms with Crippen LogP contribution in [0.2, 0.25) is 0 Å². The number of hydrogen-bond acceptors (Lipinski definition) is 6. The van der Waals surface area contributed by atoms with E-state index in [2.05, 4.69) is 20.2 Å². The fraction of sp³-hybridized carbons (Fsp3) is 0.389. The van der Waals surface area contributed by atoms with E-state index in [0.717, 1.165) is 11.5 Å². The molecule has 1 amide bonds. The number of nitrogens with zero attached hydrogens (tertiary/aromatic N) is 4. The molecule has 1 aliphatic heterocycles. The monoisotopic (exact) mass is 359 g/mol. The zero-order valence-corrected chi connectivity index (χ0v) is 14.9. The lowest BCUT2D eigenvalue weighted by atomic mass is 10.3. The lowest BCUT2D eigenvalue weighted by molar-refractivity contribution is 0.105. The standard InChI is InChI=1S/C18H22FN5O2/c1-3-26-18(25)24-10-8-23(9-11-24)16-12-13(2)20-17(22-16)21-15-7-5-4-6-14(15)19/h4-7,12H,3,8-11H2,1-2H3,(H,20,21,22). The number of rotatable bonds is 4. The summed E-state index contributed by atoms with van der Waals surface area (Å²) in [5, 5.41) is 2.93. The van der Waals surface area contributed by atoms with Gasteiger partial charge >= 0.3 is 6.09 Å². The molecule has 26 heavy (non-hydrogen) atoms. The quantitative estimate of drug-likeness (QED) is 0.905. The molecule has 0 atom stereocenters. The van der Waals surface area contributed by atoms with Crippen molar-refractivity contribution in [1.29, 1.82) is 0 Å². The highest BCUT2D eigenvalue weighted by Gasteiger charge is 2.23. The predicted octanol–water partition coefficient (Wildman–Crippen LogP) is 2.95. The summed E-state index contributed by atoms with van der Waals surface area (Å²) < 4.78 is 18.9. The van der Waals surface area contributed by atoms with Gasteiger partial charge in [0.1, 0.15) is 11.6 Å². The zero-order valence-electron chi connectivity index (χ0n) is 14.9. The fourth-order valence-electron chi connectivity index (χ4n) is 2.79. The average molecular weight is 359 g/mol. The summed E-state index contributed by atoms with van der Waals surface area (Å²) in [6, 6.07) is 8.28. The van der Waals surface area contributed by atoms with Crippen molar-refractivity contribution in [3.05, 3.63) is 41.8 Å². The van der Waals surface area contributed by atoms with Gasteiger partial charge in [-0.1, -0.05) is 12.1 Å². The summed E-state index contributed by atoms with van der Waals surface area (Å²) in [6.45, 7) is 6.46. The highest BCUT2D eigenvalue weighted by Crippen LogP contribution is 2.21. The van der Waals surface area contributed by atoms with Crippen LogP contribution in [-0.2, 0) is 4.74 Å². The largest absolute Gasteiger partial charge is 0.450 e. The number of para-hydroxylation sites is 1. The van der Waals surface area contributed by atoms with Crippen molar-refractivity contribution >= 4 is 23.5 Å². The second-order valence-electron chi connectivity index (χ2n) is 5.97. The van der Waals surface area contributed by atoms with E-state index in [1.165, 1.54) is 6.07 Å². The molecular weight excluding hydrogens is 337 g/mol. The minimum atomic E-state index is -0.359. The van der Waals surface area contributed by atoms with Crippen molar-refractivity contribution in [2.75, 3.05) is 43.0 Å². The van der Waals surface area contributed by atoms with Crippen molar-refractivity contribution in [2.24, 2.45) is 0 Å². The summed E-state index contributed by atoms with van der Waals surface area (Å²) in [6.07, 6.45) is -0.284. The Morgan fingerprint density at radius 1 is 1.23 bits per heavy atom. The third-order valence-corrected chi connectivity index (χ3v) is 4.09. The smallest absolute Gasteiger partial charge is 0.409 e. The Morgan fingerprint density at radius 2 is 1.96 bits per heavy atom. The van der Waals surface area contributed by atoms with Gasteiger partial charge in [-0.2, -0.15) is 4.98 Å². The Morgan fingerprint density at radius 3 is 2.65 bits per heavy atom. The number of amides is 1. The maximum Gasteiger partial charge on any atom is 0.409 e. The van der Waals surface area contributed by atoms with Gasteiger partial charge < -0.3 is 19.9 Å². The topological polar surface area (TPSA) is 70.6 Å². The van der Waals surface area contributed by atoms with Gasteiger partial charge in [-0.3, -0.25) is 0 Å². The van der Waals surface area contributed by atoms with E-state index in [-0.39, 0.29) is 11.9 Å². The zero-order chi connectivity index (χ0) is 18.5. The van der Waals surface area contributed by atoms with Gasteiger partial charge in [-0.05, 0) is 26.0 Å². The van der Waals surface area contributed by atoms with Crippen LogP contribution in [0.1, 0.15) is 12.6 Å². The molecule has 1 aromatic carbocycles. The fourth-order valence-corrected chi connectivity index (χ4v) is 2.79.